The van der Waals surface area contributed by atoms with Crippen molar-refractivity contribution in [3.63, 3.8) is 0 Å². The normalized spacial score (nSPS) is 24.1. The summed E-state index contributed by atoms with van der Waals surface area (Å²) in [5.74, 6) is -0.501. The lowest BCUT2D eigenvalue weighted by atomic mass is 10.3. The summed E-state index contributed by atoms with van der Waals surface area (Å²) in [6, 6.07) is 3.35. The molecule has 25 heavy (non-hydrogen) atoms. The Labute approximate surface area is 148 Å². The number of carbonyl (C=O) groups is 1. The number of ether oxygens (including phenoxy) is 2. The van der Waals surface area contributed by atoms with E-state index in [0.717, 1.165) is 0 Å². The summed E-state index contributed by atoms with van der Waals surface area (Å²) >= 11 is 6.21. The summed E-state index contributed by atoms with van der Waals surface area (Å²) in [5, 5.41) is 13.6. The number of hydrogen-bond acceptors (Lipinski definition) is 6. The van der Waals surface area contributed by atoms with Gasteiger partial charge in [0, 0.05) is 31.7 Å². The summed E-state index contributed by atoms with van der Waals surface area (Å²) in [4.78, 5) is 17.2. The van der Waals surface area contributed by atoms with Gasteiger partial charge in [0.15, 0.2) is 0 Å². The first-order chi connectivity index (χ1) is 12.1. The Kier molecular flexibility index (Phi) is 4.32. The molecule has 2 aromatic heterocycles. The van der Waals surface area contributed by atoms with Gasteiger partial charge in [-0.2, -0.15) is 5.10 Å². The zero-order valence-corrected chi connectivity index (χ0v) is 14.0. The van der Waals surface area contributed by atoms with E-state index in [1.54, 1.807) is 6.20 Å². The SMILES string of the molecule is O=C(O)c1cnc(N2C[C@@H]3OCC(n4cccn4)CO[C@H]3C2)c(Cl)c1. The molecule has 0 unspecified atom stereocenters. The molecule has 0 amide bonds. The molecular formula is C16H17ClN4O4. The van der Waals surface area contributed by atoms with Crippen LogP contribution in [0.25, 0.3) is 0 Å². The molecule has 2 atom stereocenters. The smallest absolute Gasteiger partial charge is 0.337 e. The van der Waals surface area contributed by atoms with Crippen LogP contribution in [0.3, 0.4) is 0 Å². The molecule has 1 N–H and O–H groups in total. The van der Waals surface area contributed by atoms with Crippen molar-refractivity contribution < 1.29 is 19.4 Å². The van der Waals surface area contributed by atoms with Crippen LogP contribution in [0, 0.1) is 0 Å². The van der Waals surface area contributed by atoms with Crippen molar-refractivity contribution in [1.82, 2.24) is 14.8 Å². The molecule has 0 aliphatic carbocycles. The second-order valence-corrected chi connectivity index (χ2v) is 6.53. The Morgan fingerprint density at radius 3 is 2.56 bits per heavy atom. The highest BCUT2D eigenvalue weighted by Gasteiger charge is 2.39. The van der Waals surface area contributed by atoms with Gasteiger partial charge in [-0.3, -0.25) is 4.68 Å². The third kappa shape index (κ3) is 3.20. The molecule has 2 fully saturated rings. The third-order valence-corrected chi connectivity index (χ3v) is 4.77. The second kappa shape index (κ2) is 6.62. The molecule has 0 saturated carbocycles. The Morgan fingerprint density at radius 2 is 2.00 bits per heavy atom. The van der Waals surface area contributed by atoms with E-state index < -0.39 is 5.97 Å². The number of fused-ring (bicyclic) bond motifs is 1. The fourth-order valence-electron chi connectivity index (χ4n) is 3.18. The molecular weight excluding hydrogens is 348 g/mol. The van der Waals surface area contributed by atoms with Gasteiger partial charge in [-0.15, -0.1) is 0 Å². The molecule has 132 valence electrons. The van der Waals surface area contributed by atoms with Crippen LogP contribution in [0.4, 0.5) is 5.82 Å². The standard InChI is InChI=1S/C16H17ClN4O4/c17-12-4-10(16(22)23)5-18-15(12)20-6-13-14(7-20)25-9-11(8-24-13)21-3-1-2-19-21/h1-5,11,13-14H,6-9H2,(H,22,23)/t13-,14-/m0/s1. The van der Waals surface area contributed by atoms with Crippen LogP contribution < -0.4 is 4.90 Å². The number of carboxylic acids is 1. The molecule has 4 rings (SSSR count). The van der Waals surface area contributed by atoms with E-state index in [-0.39, 0.29) is 23.8 Å². The maximum atomic E-state index is 11.0. The molecule has 8 nitrogen and oxygen atoms in total. The molecule has 2 aliphatic rings. The third-order valence-electron chi connectivity index (χ3n) is 4.49. The quantitative estimate of drug-likeness (QED) is 0.882. The molecule has 2 aliphatic heterocycles. The number of aromatic carboxylic acids is 1. The van der Waals surface area contributed by atoms with Gasteiger partial charge in [-0.1, -0.05) is 11.6 Å². The number of hydrogen-bond donors (Lipinski definition) is 1. The van der Waals surface area contributed by atoms with Crippen molar-refractivity contribution in [3.05, 3.63) is 41.3 Å². The van der Waals surface area contributed by atoms with Crippen molar-refractivity contribution >= 4 is 23.4 Å². The monoisotopic (exact) mass is 364 g/mol. The van der Waals surface area contributed by atoms with Gasteiger partial charge in [0.05, 0.1) is 29.8 Å². The largest absolute Gasteiger partial charge is 0.478 e. The molecule has 4 heterocycles. The minimum Gasteiger partial charge on any atom is -0.478 e. The van der Waals surface area contributed by atoms with Crippen LogP contribution in [-0.2, 0) is 9.47 Å². The number of halogens is 1. The van der Waals surface area contributed by atoms with Crippen LogP contribution in [0.15, 0.2) is 30.7 Å². The van der Waals surface area contributed by atoms with Crippen LogP contribution in [0.1, 0.15) is 16.4 Å². The van der Waals surface area contributed by atoms with Gasteiger partial charge in [-0.25, -0.2) is 9.78 Å². The first kappa shape index (κ1) is 16.3. The number of pyridine rings is 1. The zero-order valence-electron chi connectivity index (χ0n) is 13.3. The van der Waals surface area contributed by atoms with Gasteiger partial charge in [0.2, 0.25) is 0 Å². The summed E-state index contributed by atoms with van der Waals surface area (Å²) in [6.07, 6.45) is 4.78. The Balaban J connectivity index is 1.45. The topological polar surface area (TPSA) is 89.7 Å². The average Bonchev–Trinajstić information content (AvgIpc) is 3.22. The van der Waals surface area contributed by atoms with Gasteiger partial charge in [-0.05, 0) is 12.1 Å². The highest BCUT2D eigenvalue weighted by atomic mass is 35.5. The molecule has 2 aromatic rings. The van der Waals surface area contributed by atoms with E-state index in [0.29, 0.717) is 37.1 Å². The predicted octanol–water partition coefficient (Wildman–Crippen LogP) is 1.47. The van der Waals surface area contributed by atoms with E-state index in [2.05, 4.69) is 10.1 Å². The lowest BCUT2D eigenvalue weighted by Gasteiger charge is -2.20. The predicted molar refractivity (Wildman–Crippen MR) is 89.2 cm³/mol. The summed E-state index contributed by atoms with van der Waals surface area (Å²) < 4.78 is 13.9. The maximum absolute atomic E-state index is 11.0. The lowest BCUT2D eigenvalue weighted by molar-refractivity contribution is -0.00461. The number of rotatable bonds is 3. The van der Waals surface area contributed by atoms with Gasteiger partial charge >= 0.3 is 5.97 Å². The van der Waals surface area contributed by atoms with E-state index in [4.69, 9.17) is 26.2 Å². The van der Waals surface area contributed by atoms with Crippen LogP contribution in [0.2, 0.25) is 5.02 Å². The van der Waals surface area contributed by atoms with Crippen LogP contribution >= 0.6 is 11.6 Å². The molecule has 0 spiro atoms. The molecule has 9 heteroatoms. The lowest BCUT2D eigenvalue weighted by Crippen LogP contribution is -2.27. The fraction of sp³-hybridized carbons (Fsp3) is 0.438. The summed E-state index contributed by atoms with van der Waals surface area (Å²) in [5.41, 5.74) is 0.0664. The number of carboxylic acid groups (broad SMARTS) is 1. The Morgan fingerprint density at radius 1 is 1.28 bits per heavy atom. The number of anilines is 1. The van der Waals surface area contributed by atoms with Crippen molar-refractivity contribution in [1.29, 1.82) is 0 Å². The second-order valence-electron chi connectivity index (χ2n) is 6.12. The maximum Gasteiger partial charge on any atom is 0.337 e. The molecule has 0 radical (unpaired) electrons. The van der Waals surface area contributed by atoms with E-state index >= 15 is 0 Å². The Bertz CT molecular complexity index is 754. The molecule has 0 aromatic carbocycles. The summed E-state index contributed by atoms with van der Waals surface area (Å²) in [6.45, 7) is 2.23. The first-order valence-electron chi connectivity index (χ1n) is 7.98. The van der Waals surface area contributed by atoms with Crippen LogP contribution in [0.5, 0.6) is 0 Å². The Hall–Kier alpha value is -2.16. The average molecular weight is 365 g/mol. The molecule has 0 bridgehead atoms. The van der Waals surface area contributed by atoms with Crippen molar-refractivity contribution in [3.8, 4) is 0 Å². The summed E-state index contributed by atoms with van der Waals surface area (Å²) in [7, 11) is 0. The minimum atomic E-state index is -1.05. The fourth-order valence-corrected chi connectivity index (χ4v) is 3.47. The van der Waals surface area contributed by atoms with Crippen molar-refractivity contribution in [2.75, 3.05) is 31.2 Å². The highest BCUT2D eigenvalue weighted by molar-refractivity contribution is 6.33. The number of nitrogens with zero attached hydrogens (tertiary/aromatic N) is 4. The van der Waals surface area contributed by atoms with Crippen molar-refractivity contribution in [2.45, 2.75) is 18.2 Å². The van der Waals surface area contributed by atoms with Crippen molar-refractivity contribution in [2.24, 2.45) is 0 Å². The number of aromatic nitrogens is 3. The molecule has 2 saturated heterocycles. The van der Waals surface area contributed by atoms with Gasteiger partial charge < -0.3 is 19.5 Å². The first-order valence-corrected chi connectivity index (χ1v) is 8.35. The zero-order chi connectivity index (χ0) is 17.4. The van der Waals surface area contributed by atoms with Gasteiger partial charge in [0.1, 0.15) is 18.0 Å². The van der Waals surface area contributed by atoms with E-state index in [1.165, 1.54) is 12.3 Å². The van der Waals surface area contributed by atoms with E-state index in [9.17, 15) is 4.79 Å². The minimum absolute atomic E-state index is 0.0608. The highest BCUT2D eigenvalue weighted by Crippen LogP contribution is 2.31. The van der Waals surface area contributed by atoms with Crippen LogP contribution in [-0.4, -0.2) is 64.4 Å². The van der Waals surface area contributed by atoms with E-state index in [1.807, 2.05) is 21.8 Å². The van der Waals surface area contributed by atoms with Gasteiger partial charge in [0.25, 0.3) is 0 Å².